The Morgan fingerprint density at radius 1 is 1.14 bits per heavy atom. The summed E-state index contributed by atoms with van der Waals surface area (Å²) in [5.41, 5.74) is 3.08. The van der Waals surface area contributed by atoms with E-state index in [1.807, 2.05) is 20.8 Å². The van der Waals surface area contributed by atoms with Crippen molar-refractivity contribution in [2.24, 2.45) is 0 Å². The standard InChI is InChI=1S/C20H22N4O3S/c1-6-27-20(26)24(5)15-9-7-14(8-10-15)23-18(25)17-11(2)16-12(3)21-13(4)22-19(16)28-17/h7-10H,6H2,1-5H3,(H,23,25). The maximum Gasteiger partial charge on any atom is 0.413 e. The molecule has 146 valence electrons. The van der Waals surface area contributed by atoms with Gasteiger partial charge in [-0.1, -0.05) is 0 Å². The summed E-state index contributed by atoms with van der Waals surface area (Å²) in [4.78, 5) is 36.3. The molecule has 28 heavy (non-hydrogen) atoms. The average molecular weight is 398 g/mol. The summed E-state index contributed by atoms with van der Waals surface area (Å²) in [7, 11) is 1.64. The number of amides is 2. The molecular weight excluding hydrogens is 376 g/mol. The van der Waals surface area contributed by atoms with Crippen molar-refractivity contribution in [2.45, 2.75) is 27.7 Å². The molecule has 0 bridgehead atoms. The normalized spacial score (nSPS) is 10.8. The van der Waals surface area contributed by atoms with Crippen LogP contribution in [0.1, 0.15) is 33.7 Å². The first-order valence-electron chi connectivity index (χ1n) is 8.88. The highest BCUT2D eigenvalue weighted by atomic mass is 32.1. The van der Waals surface area contributed by atoms with E-state index in [2.05, 4.69) is 15.3 Å². The van der Waals surface area contributed by atoms with Crippen LogP contribution in [0.15, 0.2) is 24.3 Å². The van der Waals surface area contributed by atoms with Crippen molar-refractivity contribution in [2.75, 3.05) is 23.9 Å². The second kappa shape index (κ2) is 7.93. The number of benzene rings is 1. The lowest BCUT2D eigenvalue weighted by atomic mass is 10.1. The summed E-state index contributed by atoms with van der Waals surface area (Å²) < 4.78 is 4.98. The maximum absolute atomic E-state index is 12.8. The molecule has 0 unspecified atom stereocenters. The Morgan fingerprint density at radius 2 is 1.82 bits per heavy atom. The van der Waals surface area contributed by atoms with Crippen LogP contribution in [0.5, 0.6) is 0 Å². The number of nitrogens with one attached hydrogen (secondary N) is 1. The molecule has 2 heterocycles. The van der Waals surface area contributed by atoms with Crippen LogP contribution in [0, 0.1) is 20.8 Å². The van der Waals surface area contributed by atoms with Gasteiger partial charge in [0.15, 0.2) is 0 Å². The van der Waals surface area contributed by atoms with Crippen molar-refractivity contribution in [3.63, 3.8) is 0 Å². The smallest absolute Gasteiger partial charge is 0.413 e. The van der Waals surface area contributed by atoms with E-state index < -0.39 is 6.09 Å². The predicted octanol–water partition coefficient (Wildman–Crippen LogP) is 4.46. The van der Waals surface area contributed by atoms with Crippen molar-refractivity contribution in [3.8, 4) is 0 Å². The third-order valence-corrected chi connectivity index (χ3v) is 5.53. The molecule has 1 aromatic carbocycles. The van der Waals surface area contributed by atoms with Crippen molar-refractivity contribution >= 4 is 44.9 Å². The number of thiophene rings is 1. The highest BCUT2D eigenvalue weighted by Gasteiger charge is 2.19. The number of ether oxygens (including phenoxy) is 1. The number of aromatic nitrogens is 2. The van der Waals surface area contributed by atoms with Gasteiger partial charge in [-0.15, -0.1) is 11.3 Å². The van der Waals surface area contributed by atoms with Crippen LogP contribution in [0.3, 0.4) is 0 Å². The van der Waals surface area contributed by atoms with Crippen LogP contribution in [0.2, 0.25) is 0 Å². The Bertz CT molecular complexity index is 1040. The Kier molecular flexibility index (Phi) is 5.60. The van der Waals surface area contributed by atoms with Gasteiger partial charge in [-0.2, -0.15) is 0 Å². The number of nitrogens with zero attached hydrogens (tertiary/aromatic N) is 3. The van der Waals surface area contributed by atoms with E-state index in [1.54, 1.807) is 38.2 Å². The van der Waals surface area contributed by atoms with E-state index >= 15 is 0 Å². The van der Waals surface area contributed by atoms with Gasteiger partial charge in [-0.3, -0.25) is 9.69 Å². The van der Waals surface area contributed by atoms with Crippen molar-refractivity contribution < 1.29 is 14.3 Å². The van der Waals surface area contributed by atoms with E-state index in [0.29, 0.717) is 28.7 Å². The first-order chi connectivity index (χ1) is 13.3. The second-order valence-corrected chi connectivity index (χ2v) is 7.35. The van der Waals surface area contributed by atoms with Gasteiger partial charge in [0.2, 0.25) is 0 Å². The molecule has 0 aliphatic rings. The number of rotatable bonds is 4. The fourth-order valence-electron chi connectivity index (χ4n) is 2.97. The fourth-order valence-corrected chi connectivity index (χ4v) is 4.15. The number of fused-ring (bicyclic) bond motifs is 1. The van der Waals surface area contributed by atoms with Gasteiger partial charge in [0.05, 0.1) is 11.5 Å². The summed E-state index contributed by atoms with van der Waals surface area (Å²) in [5.74, 6) is 0.503. The van der Waals surface area contributed by atoms with Gasteiger partial charge in [0.1, 0.15) is 10.7 Å². The van der Waals surface area contributed by atoms with Crippen LogP contribution in [-0.4, -0.2) is 35.6 Å². The minimum absolute atomic E-state index is 0.191. The zero-order valence-electron chi connectivity index (χ0n) is 16.5. The van der Waals surface area contributed by atoms with Crippen LogP contribution >= 0.6 is 11.3 Å². The maximum atomic E-state index is 12.8. The second-order valence-electron chi connectivity index (χ2n) is 6.35. The number of hydrogen-bond donors (Lipinski definition) is 1. The molecule has 3 rings (SSSR count). The number of aryl methyl sites for hydroxylation is 3. The van der Waals surface area contributed by atoms with Crippen LogP contribution in [0.4, 0.5) is 16.2 Å². The SMILES string of the molecule is CCOC(=O)N(C)c1ccc(NC(=O)c2sc3nc(C)nc(C)c3c2C)cc1. The predicted molar refractivity (Wildman–Crippen MR) is 111 cm³/mol. The number of anilines is 2. The van der Waals surface area contributed by atoms with Gasteiger partial charge in [-0.25, -0.2) is 14.8 Å². The topological polar surface area (TPSA) is 84.4 Å². The van der Waals surface area contributed by atoms with Crippen LogP contribution in [-0.2, 0) is 4.74 Å². The fraction of sp³-hybridized carbons (Fsp3) is 0.300. The molecule has 0 spiro atoms. The molecule has 2 amide bonds. The molecule has 0 radical (unpaired) electrons. The van der Waals surface area contributed by atoms with Crippen molar-refractivity contribution in [1.29, 1.82) is 0 Å². The number of carbonyl (C=O) groups is 2. The quantitative estimate of drug-likeness (QED) is 0.701. The lowest BCUT2D eigenvalue weighted by Crippen LogP contribution is -2.26. The van der Waals surface area contributed by atoms with E-state index in [1.165, 1.54) is 16.2 Å². The first kappa shape index (κ1) is 19.8. The summed E-state index contributed by atoms with van der Waals surface area (Å²) in [6.45, 7) is 7.76. The van der Waals surface area contributed by atoms with Gasteiger partial charge >= 0.3 is 6.09 Å². The Hall–Kier alpha value is -3.00. The molecule has 0 atom stereocenters. The van der Waals surface area contributed by atoms with Crippen molar-refractivity contribution in [3.05, 3.63) is 46.2 Å². The molecule has 0 fully saturated rings. The highest BCUT2D eigenvalue weighted by Crippen LogP contribution is 2.31. The molecule has 0 aliphatic carbocycles. The minimum atomic E-state index is -0.424. The average Bonchev–Trinajstić information content (AvgIpc) is 2.98. The summed E-state index contributed by atoms with van der Waals surface area (Å²) in [5, 5.41) is 3.84. The summed E-state index contributed by atoms with van der Waals surface area (Å²) in [6.07, 6.45) is -0.424. The van der Waals surface area contributed by atoms with Gasteiger partial charge in [-0.05, 0) is 57.5 Å². The third kappa shape index (κ3) is 3.82. The third-order valence-electron chi connectivity index (χ3n) is 4.34. The van der Waals surface area contributed by atoms with Gasteiger partial charge in [0.25, 0.3) is 5.91 Å². The molecule has 0 saturated carbocycles. The first-order valence-corrected chi connectivity index (χ1v) is 9.69. The largest absolute Gasteiger partial charge is 0.449 e. The lowest BCUT2D eigenvalue weighted by Gasteiger charge is -2.16. The molecule has 2 aromatic heterocycles. The molecular formula is C20H22N4O3S. The zero-order valence-corrected chi connectivity index (χ0v) is 17.3. The Morgan fingerprint density at radius 3 is 2.46 bits per heavy atom. The molecule has 0 saturated heterocycles. The molecule has 8 heteroatoms. The number of carbonyl (C=O) groups excluding carboxylic acids is 2. The van der Waals surface area contributed by atoms with Gasteiger partial charge < -0.3 is 10.1 Å². The lowest BCUT2D eigenvalue weighted by molar-refractivity contribution is 0.103. The summed E-state index contributed by atoms with van der Waals surface area (Å²) >= 11 is 1.36. The minimum Gasteiger partial charge on any atom is -0.449 e. The molecule has 7 nitrogen and oxygen atoms in total. The van der Waals surface area contributed by atoms with Crippen LogP contribution in [0.25, 0.3) is 10.2 Å². The Balaban J connectivity index is 1.80. The summed E-state index contributed by atoms with van der Waals surface area (Å²) in [6, 6.07) is 7.01. The van der Waals surface area contributed by atoms with E-state index in [4.69, 9.17) is 4.74 Å². The van der Waals surface area contributed by atoms with Crippen LogP contribution < -0.4 is 10.2 Å². The van der Waals surface area contributed by atoms with E-state index in [-0.39, 0.29) is 5.91 Å². The molecule has 3 aromatic rings. The molecule has 1 N–H and O–H groups in total. The number of hydrogen-bond acceptors (Lipinski definition) is 6. The molecule has 0 aliphatic heterocycles. The van der Waals surface area contributed by atoms with Crippen molar-refractivity contribution in [1.82, 2.24) is 9.97 Å². The highest BCUT2D eigenvalue weighted by molar-refractivity contribution is 7.20. The van der Waals surface area contributed by atoms with E-state index in [9.17, 15) is 9.59 Å². The van der Waals surface area contributed by atoms with Gasteiger partial charge in [0, 0.05) is 29.5 Å². The van der Waals surface area contributed by atoms with E-state index in [0.717, 1.165) is 21.5 Å². The zero-order chi connectivity index (χ0) is 20.4. The Labute approximate surface area is 167 Å². The monoisotopic (exact) mass is 398 g/mol.